The quantitative estimate of drug-likeness (QED) is 0.562. The number of anilines is 1. The Morgan fingerprint density at radius 2 is 2.16 bits per heavy atom. The van der Waals surface area contributed by atoms with Crippen LogP contribution < -0.4 is 4.72 Å². The summed E-state index contributed by atoms with van der Waals surface area (Å²) in [4.78, 5) is 11.5. The van der Waals surface area contributed by atoms with E-state index in [9.17, 15) is 22.7 Å². The summed E-state index contributed by atoms with van der Waals surface area (Å²) >= 11 is 1.02. The maximum absolute atomic E-state index is 14.4. The molecule has 0 aliphatic carbocycles. The third-order valence-corrected chi connectivity index (χ3v) is 6.18. The molecule has 9 heteroatoms. The lowest BCUT2D eigenvalue weighted by Gasteiger charge is -2.15. The van der Waals surface area contributed by atoms with Gasteiger partial charge >= 0.3 is 5.97 Å². The van der Waals surface area contributed by atoms with E-state index >= 15 is 0 Å². The van der Waals surface area contributed by atoms with E-state index < -0.39 is 27.6 Å². The van der Waals surface area contributed by atoms with Gasteiger partial charge in [-0.15, -0.1) is 11.3 Å². The van der Waals surface area contributed by atoms with Gasteiger partial charge in [0.15, 0.2) is 11.6 Å². The maximum atomic E-state index is 14.4. The van der Waals surface area contributed by atoms with Crippen molar-refractivity contribution in [1.82, 2.24) is 0 Å². The van der Waals surface area contributed by atoms with Crippen LogP contribution in [0.2, 0.25) is 0 Å². The average molecular weight is 387 g/mol. The number of hydrogen-bond acceptors (Lipinski definition) is 6. The number of thiophene rings is 1. The van der Waals surface area contributed by atoms with Crippen LogP contribution in [0, 0.1) is 12.7 Å². The van der Waals surface area contributed by atoms with Gasteiger partial charge in [0.25, 0.3) is 10.0 Å². The van der Waals surface area contributed by atoms with Gasteiger partial charge in [0.2, 0.25) is 0 Å². The number of halogens is 1. The first-order valence-electron chi connectivity index (χ1n) is 7.49. The SMILES string of the molecule is CCOC(=O)CCc1c(NS(=O)(=O)c2cccs2)cc(C)c(O)c1F. The van der Waals surface area contributed by atoms with Crippen LogP contribution in [0.4, 0.5) is 10.1 Å². The van der Waals surface area contributed by atoms with Crippen molar-refractivity contribution >= 4 is 33.0 Å². The molecule has 136 valence electrons. The molecule has 0 saturated heterocycles. The Hall–Kier alpha value is -2.13. The third-order valence-electron chi connectivity index (χ3n) is 3.42. The van der Waals surface area contributed by atoms with Crippen LogP contribution in [0.1, 0.15) is 24.5 Å². The first kappa shape index (κ1) is 19.2. The Bertz CT molecular complexity index is 863. The van der Waals surface area contributed by atoms with Crippen LogP contribution >= 0.6 is 11.3 Å². The second-order valence-electron chi connectivity index (χ2n) is 5.22. The van der Waals surface area contributed by atoms with E-state index in [0.717, 1.165) is 11.3 Å². The van der Waals surface area contributed by atoms with Gasteiger partial charge in [-0.3, -0.25) is 9.52 Å². The number of sulfonamides is 1. The Labute approximate surface area is 149 Å². The van der Waals surface area contributed by atoms with Gasteiger partial charge < -0.3 is 9.84 Å². The van der Waals surface area contributed by atoms with Crippen LogP contribution in [-0.4, -0.2) is 26.1 Å². The van der Waals surface area contributed by atoms with Crippen molar-refractivity contribution in [2.45, 2.75) is 30.9 Å². The highest BCUT2D eigenvalue weighted by atomic mass is 32.2. The summed E-state index contributed by atoms with van der Waals surface area (Å²) in [6.45, 7) is 3.30. The van der Waals surface area contributed by atoms with Crippen molar-refractivity contribution in [2.75, 3.05) is 11.3 Å². The number of phenolic OH excluding ortho intramolecular Hbond substituents is 1. The van der Waals surface area contributed by atoms with Gasteiger partial charge in [0.05, 0.1) is 12.3 Å². The van der Waals surface area contributed by atoms with Gasteiger partial charge in [-0.1, -0.05) is 6.07 Å². The molecule has 0 aliphatic rings. The van der Waals surface area contributed by atoms with E-state index in [-0.39, 0.29) is 40.5 Å². The molecule has 25 heavy (non-hydrogen) atoms. The number of carbonyl (C=O) groups is 1. The van der Waals surface area contributed by atoms with Gasteiger partial charge in [0, 0.05) is 12.0 Å². The molecule has 6 nitrogen and oxygen atoms in total. The second-order valence-corrected chi connectivity index (χ2v) is 8.08. The zero-order valence-corrected chi connectivity index (χ0v) is 15.3. The first-order valence-corrected chi connectivity index (χ1v) is 9.85. The van der Waals surface area contributed by atoms with Crippen molar-refractivity contribution in [3.05, 3.63) is 40.5 Å². The van der Waals surface area contributed by atoms with Gasteiger partial charge in [-0.25, -0.2) is 12.8 Å². The van der Waals surface area contributed by atoms with Crippen LogP contribution in [0.3, 0.4) is 0 Å². The standard InChI is InChI=1S/C16H18FNO5S2/c1-3-23-13(19)7-6-11-12(9-10(2)16(20)15(11)17)18-25(21,22)14-5-4-8-24-14/h4-5,8-9,18,20H,3,6-7H2,1-2H3. The average Bonchev–Trinajstić information content (AvgIpc) is 3.08. The van der Waals surface area contributed by atoms with E-state index in [1.165, 1.54) is 19.1 Å². The molecule has 2 N–H and O–H groups in total. The Balaban J connectivity index is 2.37. The molecule has 2 rings (SSSR count). The minimum atomic E-state index is -3.88. The molecule has 0 unspecified atom stereocenters. The minimum absolute atomic E-state index is 0.00880. The zero-order valence-electron chi connectivity index (χ0n) is 13.7. The molecule has 1 aromatic carbocycles. The highest BCUT2D eigenvalue weighted by molar-refractivity contribution is 7.94. The molecule has 0 radical (unpaired) electrons. The fourth-order valence-electron chi connectivity index (χ4n) is 2.21. The predicted molar refractivity (Wildman–Crippen MR) is 92.9 cm³/mol. The molecule has 0 aliphatic heterocycles. The fourth-order valence-corrected chi connectivity index (χ4v) is 4.29. The summed E-state index contributed by atoms with van der Waals surface area (Å²) in [6.07, 6.45) is -0.248. The predicted octanol–water partition coefficient (Wildman–Crippen LogP) is 3.20. The third kappa shape index (κ3) is 4.49. The van der Waals surface area contributed by atoms with Crippen LogP contribution in [0.25, 0.3) is 0 Å². The number of aryl methyl sites for hydroxylation is 1. The number of esters is 1. The molecule has 0 amide bonds. The topological polar surface area (TPSA) is 92.7 Å². The molecule has 2 aromatic rings. The lowest BCUT2D eigenvalue weighted by Crippen LogP contribution is -2.15. The normalized spacial score (nSPS) is 11.3. The molecule has 0 fully saturated rings. The van der Waals surface area contributed by atoms with Crippen LogP contribution in [-0.2, 0) is 26.0 Å². The van der Waals surface area contributed by atoms with Crippen LogP contribution in [0.15, 0.2) is 27.8 Å². The second kappa shape index (κ2) is 7.83. The van der Waals surface area contributed by atoms with Crippen molar-refractivity contribution in [3.63, 3.8) is 0 Å². The summed E-state index contributed by atoms with van der Waals surface area (Å²) in [5.41, 5.74) is 0.0862. The maximum Gasteiger partial charge on any atom is 0.306 e. The smallest absolute Gasteiger partial charge is 0.306 e. The highest BCUT2D eigenvalue weighted by Crippen LogP contribution is 2.33. The fraction of sp³-hybridized carbons (Fsp3) is 0.312. The van der Waals surface area contributed by atoms with Crippen molar-refractivity contribution < 1.29 is 27.4 Å². The summed E-state index contributed by atoms with van der Waals surface area (Å²) in [5, 5.41) is 11.4. The molecule has 0 spiro atoms. The Morgan fingerprint density at radius 1 is 1.44 bits per heavy atom. The summed E-state index contributed by atoms with van der Waals surface area (Å²) < 4.78 is 46.4. The summed E-state index contributed by atoms with van der Waals surface area (Å²) in [6, 6.07) is 4.35. The number of carbonyl (C=O) groups excluding carboxylic acids is 1. The Morgan fingerprint density at radius 3 is 2.76 bits per heavy atom. The van der Waals surface area contributed by atoms with Crippen molar-refractivity contribution in [2.24, 2.45) is 0 Å². The lowest BCUT2D eigenvalue weighted by atomic mass is 10.0. The van der Waals surface area contributed by atoms with Gasteiger partial charge in [-0.2, -0.15) is 0 Å². The Kier molecular flexibility index (Phi) is 6.02. The van der Waals surface area contributed by atoms with E-state index in [1.807, 2.05) is 0 Å². The molecule has 1 heterocycles. The number of nitrogens with one attached hydrogen (secondary N) is 1. The largest absolute Gasteiger partial charge is 0.505 e. The monoisotopic (exact) mass is 387 g/mol. The molecule has 0 atom stereocenters. The molecular weight excluding hydrogens is 369 g/mol. The number of aromatic hydroxyl groups is 1. The van der Waals surface area contributed by atoms with E-state index in [4.69, 9.17) is 4.74 Å². The molecular formula is C16H18FNO5S2. The summed E-state index contributed by atoms with van der Waals surface area (Å²) in [7, 11) is -3.88. The zero-order chi connectivity index (χ0) is 18.6. The number of hydrogen-bond donors (Lipinski definition) is 2. The minimum Gasteiger partial charge on any atom is -0.505 e. The number of rotatable bonds is 7. The lowest BCUT2D eigenvalue weighted by molar-refractivity contribution is -0.143. The van der Waals surface area contributed by atoms with Crippen molar-refractivity contribution in [1.29, 1.82) is 0 Å². The van der Waals surface area contributed by atoms with Crippen molar-refractivity contribution in [3.8, 4) is 5.75 Å². The first-order chi connectivity index (χ1) is 11.8. The number of ether oxygens (including phenoxy) is 1. The number of phenols is 1. The highest BCUT2D eigenvalue weighted by Gasteiger charge is 2.22. The van der Waals surface area contributed by atoms with E-state index in [0.29, 0.717) is 0 Å². The van der Waals surface area contributed by atoms with E-state index in [2.05, 4.69) is 4.72 Å². The number of benzene rings is 1. The summed E-state index contributed by atoms with van der Waals surface area (Å²) in [5.74, 6) is -2.06. The molecule has 1 aromatic heterocycles. The molecule has 0 saturated carbocycles. The van der Waals surface area contributed by atoms with Gasteiger partial charge in [-0.05, 0) is 43.3 Å². The van der Waals surface area contributed by atoms with Crippen LogP contribution in [0.5, 0.6) is 5.75 Å². The molecule has 0 bridgehead atoms. The van der Waals surface area contributed by atoms with E-state index in [1.54, 1.807) is 18.4 Å². The van der Waals surface area contributed by atoms with Gasteiger partial charge in [0.1, 0.15) is 4.21 Å².